The number of phenolic OH excluding ortho intramolecular Hbond substituents is 2. The monoisotopic (exact) mass is 756 g/mol. The zero-order valence-electron chi connectivity index (χ0n) is 27.7. The Bertz CT molecular complexity index is 1580. The third kappa shape index (κ3) is 6.33. The largest absolute Gasteiger partial charge is 0.507 e. The highest BCUT2D eigenvalue weighted by molar-refractivity contribution is 8.76. The summed E-state index contributed by atoms with van der Waals surface area (Å²) in [6, 6.07) is 13.1. The number of para-hydroxylation sites is 2. The van der Waals surface area contributed by atoms with Gasteiger partial charge in [0.1, 0.15) is 48.9 Å². The number of aromatic hydroxyl groups is 2. The molecule has 0 unspecified atom stereocenters. The zero-order valence-corrected chi connectivity index (χ0v) is 31.0. The van der Waals surface area contributed by atoms with Gasteiger partial charge in [0.2, 0.25) is 23.6 Å². The second kappa shape index (κ2) is 14.3. The molecule has 0 saturated carbocycles. The van der Waals surface area contributed by atoms with Crippen molar-refractivity contribution >= 4 is 68.7 Å². The molecule has 0 aromatic heterocycles. The molecule has 50 heavy (non-hydrogen) atoms. The summed E-state index contributed by atoms with van der Waals surface area (Å²) < 4.78 is 11.8. The van der Waals surface area contributed by atoms with Gasteiger partial charge in [-0.1, -0.05) is 45.9 Å². The Morgan fingerprint density at radius 1 is 0.680 bits per heavy atom. The van der Waals surface area contributed by atoms with Crippen LogP contribution in [0.25, 0.3) is 0 Å². The number of likely N-dealkylation sites (N-methyl/N-ethyl adjacent to an activating group) is 2. The summed E-state index contributed by atoms with van der Waals surface area (Å²) in [5.74, 6) is 4.07. The van der Waals surface area contributed by atoms with Crippen LogP contribution in [0.5, 0.6) is 11.5 Å². The van der Waals surface area contributed by atoms with E-state index in [4.69, 9.17) is 19.5 Å². The molecule has 2 N–H and O–H groups in total. The van der Waals surface area contributed by atoms with Gasteiger partial charge in [0.25, 0.3) is 0 Å². The van der Waals surface area contributed by atoms with Crippen LogP contribution in [0.1, 0.15) is 11.1 Å². The maximum atomic E-state index is 14.3. The summed E-state index contributed by atoms with van der Waals surface area (Å²) in [6.45, 7) is 1.85. The van der Waals surface area contributed by atoms with E-state index in [2.05, 4.69) is 23.9 Å². The fourth-order valence-electron chi connectivity index (χ4n) is 7.50. The van der Waals surface area contributed by atoms with Gasteiger partial charge in [-0.15, -0.1) is 23.5 Å². The number of carbonyl (C=O) groups excluding carboxylic acids is 2. The standard InChI is InChI=1S/C34H40N6O6S4/c1-37-19(15-47-33(37)23-13-45-29(35-23)21-7-3-5-9-27(21)41)11-39-25-17-49-50-18-26(31(39)43)40(32(25)44)12-20-16-48-34(38(20)2)24-14-46-30(36-24)22-8-4-6-10-28(22)42/h3-10,19-20,23-26,33-34,41-42H,11-18H2,1-2H3/t19-,20-,23-,24-,25+,26+,33-,34-/m0/s1. The number of hydrogen-bond donors (Lipinski definition) is 2. The second-order valence-corrected chi connectivity index (χ2v) is 18.2. The zero-order chi connectivity index (χ0) is 34.5. The molecule has 5 fully saturated rings. The minimum absolute atomic E-state index is 0.0410. The van der Waals surface area contributed by atoms with Crippen LogP contribution in [-0.4, -0.2) is 164 Å². The summed E-state index contributed by atoms with van der Waals surface area (Å²) in [4.78, 5) is 46.5. The molecule has 2 bridgehead atoms. The van der Waals surface area contributed by atoms with E-state index in [-0.39, 0.29) is 58.2 Å². The Kier molecular flexibility index (Phi) is 9.85. The number of piperazine rings is 1. The number of aliphatic imine (C=N–C) groups is 2. The average Bonchev–Trinajstić information content (AvgIpc) is 3.92. The van der Waals surface area contributed by atoms with E-state index < -0.39 is 12.1 Å². The first-order chi connectivity index (χ1) is 24.3. The van der Waals surface area contributed by atoms with E-state index in [1.165, 1.54) is 0 Å². The van der Waals surface area contributed by atoms with Crippen LogP contribution in [0.3, 0.4) is 0 Å². The molecule has 7 aliphatic heterocycles. The molecule has 266 valence electrons. The first-order valence-electron chi connectivity index (χ1n) is 16.8. The molecule has 0 radical (unpaired) electrons. The van der Waals surface area contributed by atoms with Crippen molar-refractivity contribution in [2.45, 2.75) is 47.0 Å². The number of benzene rings is 2. The lowest BCUT2D eigenvalue weighted by atomic mass is 10.0. The molecule has 2 aromatic rings. The number of phenols is 2. The molecular formula is C34H40N6O6S4. The molecule has 9 rings (SSSR count). The van der Waals surface area contributed by atoms with Crippen molar-refractivity contribution in [3.63, 3.8) is 0 Å². The Balaban J connectivity index is 0.920. The van der Waals surface area contributed by atoms with Crippen molar-refractivity contribution in [1.82, 2.24) is 19.6 Å². The van der Waals surface area contributed by atoms with Gasteiger partial charge in [0.15, 0.2) is 0 Å². The Morgan fingerprint density at radius 2 is 1.10 bits per heavy atom. The van der Waals surface area contributed by atoms with E-state index in [1.807, 2.05) is 21.9 Å². The molecule has 0 spiro atoms. The summed E-state index contributed by atoms with van der Waals surface area (Å²) in [7, 11) is 7.51. The molecule has 2 aromatic carbocycles. The van der Waals surface area contributed by atoms with Gasteiger partial charge in [-0.05, 0) is 38.4 Å². The van der Waals surface area contributed by atoms with Gasteiger partial charge in [0, 0.05) is 48.2 Å². The fourth-order valence-corrected chi connectivity index (χ4v) is 13.0. The van der Waals surface area contributed by atoms with Crippen molar-refractivity contribution in [3.05, 3.63) is 59.7 Å². The molecular weight excluding hydrogens is 717 g/mol. The van der Waals surface area contributed by atoms with Gasteiger partial charge in [-0.25, -0.2) is 9.98 Å². The summed E-state index contributed by atoms with van der Waals surface area (Å²) in [5, 5.41) is 20.7. The summed E-state index contributed by atoms with van der Waals surface area (Å²) in [5.41, 5.74) is 1.19. The number of thioether (sulfide) groups is 2. The number of rotatable bonds is 8. The highest BCUT2D eigenvalue weighted by Crippen LogP contribution is 2.40. The van der Waals surface area contributed by atoms with Crippen LogP contribution in [-0.2, 0) is 19.1 Å². The Morgan fingerprint density at radius 3 is 1.52 bits per heavy atom. The highest BCUT2D eigenvalue weighted by atomic mass is 33.1. The van der Waals surface area contributed by atoms with E-state index in [9.17, 15) is 19.8 Å². The number of nitrogens with zero attached hydrogens (tertiary/aromatic N) is 6. The first kappa shape index (κ1) is 34.3. The second-order valence-electron chi connectivity index (χ2n) is 13.3. The molecule has 8 atom stereocenters. The third-order valence-electron chi connectivity index (χ3n) is 10.4. The number of amides is 2. The third-order valence-corrected chi connectivity index (χ3v) is 15.9. The number of hydrogen-bond acceptors (Lipinski definition) is 14. The molecule has 12 nitrogen and oxygen atoms in total. The van der Waals surface area contributed by atoms with Crippen molar-refractivity contribution < 1.29 is 29.3 Å². The van der Waals surface area contributed by atoms with E-state index in [0.717, 1.165) is 11.5 Å². The van der Waals surface area contributed by atoms with E-state index >= 15 is 0 Å². The highest BCUT2D eigenvalue weighted by Gasteiger charge is 2.51. The molecule has 7 aliphatic rings. The average molecular weight is 757 g/mol. The van der Waals surface area contributed by atoms with Crippen molar-refractivity contribution in [2.24, 2.45) is 9.98 Å². The molecule has 7 heterocycles. The van der Waals surface area contributed by atoms with Crippen LogP contribution in [0, 0.1) is 0 Å². The summed E-state index contributed by atoms with van der Waals surface area (Å²) >= 11 is 3.61. The van der Waals surface area contributed by atoms with Crippen LogP contribution in [0.15, 0.2) is 58.5 Å². The maximum Gasteiger partial charge on any atom is 0.247 e. The van der Waals surface area contributed by atoms with Crippen LogP contribution in [0.4, 0.5) is 0 Å². The predicted molar refractivity (Wildman–Crippen MR) is 200 cm³/mol. The molecule has 0 aliphatic carbocycles. The van der Waals surface area contributed by atoms with Gasteiger partial charge in [-0.3, -0.25) is 19.4 Å². The fraction of sp³-hybridized carbons (Fsp3) is 0.529. The Hall–Kier alpha value is -2.76. The van der Waals surface area contributed by atoms with Crippen LogP contribution >= 0.6 is 45.1 Å². The van der Waals surface area contributed by atoms with Crippen LogP contribution < -0.4 is 0 Å². The van der Waals surface area contributed by atoms with Gasteiger partial charge in [-0.2, -0.15) is 0 Å². The lowest BCUT2D eigenvalue weighted by Crippen LogP contribution is -2.69. The normalized spacial score (nSPS) is 33.3. The number of ether oxygens (including phenoxy) is 2. The minimum Gasteiger partial charge on any atom is -0.507 e. The van der Waals surface area contributed by atoms with Crippen molar-refractivity contribution in [2.75, 3.05) is 63.4 Å². The number of fused-ring (bicyclic) bond motifs is 5. The minimum atomic E-state index is -0.501. The molecule has 2 amide bonds. The topological polar surface area (TPSA) is 131 Å². The first-order valence-corrected chi connectivity index (χ1v) is 21.4. The lowest BCUT2D eigenvalue weighted by Gasteiger charge is -2.48. The number of carbonyl (C=O) groups is 2. The van der Waals surface area contributed by atoms with Crippen molar-refractivity contribution in [1.29, 1.82) is 0 Å². The van der Waals surface area contributed by atoms with Crippen molar-refractivity contribution in [3.8, 4) is 11.5 Å². The SMILES string of the molecule is CN1[C@@H](CN2C(=O)[C@H]3CSSC[C@@H]2C(=O)N3C[C@H]2CS[C@@H]([C@@H]3COC(c4ccccc4O)=N3)N2C)CS[C@H]1[C@@H]1COC(c2ccccc2O)=N1. The smallest absolute Gasteiger partial charge is 0.247 e. The van der Waals surface area contributed by atoms with E-state index in [0.29, 0.717) is 60.7 Å². The predicted octanol–water partition coefficient (Wildman–Crippen LogP) is 2.64. The molecule has 16 heteroatoms. The lowest BCUT2D eigenvalue weighted by molar-refractivity contribution is -0.161. The van der Waals surface area contributed by atoms with Gasteiger partial charge < -0.3 is 29.5 Å². The van der Waals surface area contributed by atoms with Gasteiger partial charge >= 0.3 is 0 Å². The quantitative estimate of drug-likeness (QED) is 0.385. The van der Waals surface area contributed by atoms with Crippen LogP contribution in [0.2, 0.25) is 0 Å². The van der Waals surface area contributed by atoms with Gasteiger partial charge in [0.05, 0.1) is 21.9 Å². The van der Waals surface area contributed by atoms with E-state index in [1.54, 1.807) is 81.5 Å². The summed E-state index contributed by atoms with van der Waals surface area (Å²) in [6.07, 6.45) is 0. The molecule has 5 saturated heterocycles. The maximum absolute atomic E-state index is 14.3. The Labute approximate surface area is 307 Å².